The molecule has 2 heterocycles. The van der Waals surface area contributed by atoms with Gasteiger partial charge in [0.1, 0.15) is 11.6 Å². The molecule has 0 saturated carbocycles. The second-order valence-electron chi connectivity index (χ2n) is 8.72. The van der Waals surface area contributed by atoms with Crippen molar-refractivity contribution in [2.75, 3.05) is 37.6 Å². The van der Waals surface area contributed by atoms with Gasteiger partial charge < -0.3 is 9.32 Å². The summed E-state index contributed by atoms with van der Waals surface area (Å²) in [5, 5.41) is 0. The van der Waals surface area contributed by atoms with Gasteiger partial charge in [0.05, 0.1) is 5.52 Å². The number of halogens is 2. The van der Waals surface area contributed by atoms with E-state index in [9.17, 15) is 13.6 Å². The van der Waals surface area contributed by atoms with Crippen molar-refractivity contribution < 1.29 is 13.2 Å². The lowest BCUT2D eigenvalue weighted by molar-refractivity contribution is 0.251. The number of anilines is 1. The zero-order valence-electron chi connectivity index (χ0n) is 18.9. The molecule has 0 bridgehead atoms. The van der Waals surface area contributed by atoms with Gasteiger partial charge in [0.15, 0.2) is 5.58 Å². The molecule has 0 radical (unpaired) electrons. The molecule has 0 N–H and O–H groups in total. The molecule has 0 spiro atoms. The Morgan fingerprint density at radius 2 is 1.35 bits per heavy atom. The average molecular weight is 464 g/mol. The van der Waals surface area contributed by atoms with E-state index in [2.05, 4.69) is 9.80 Å². The first-order chi connectivity index (χ1) is 16.6. The zero-order chi connectivity index (χ0) is 23.5. The minimum absolute atomic E-state index is 0.210. The Labute approximate surface area is 196 Å². The van der Waals surface area contributed by atoms with Crippen LogP contribution in [0.15, 0.2) is 75.9 Å². The largest absolute Gasteiger partial charge is 0.419 e. The third-order valence-corrected chi connectivity index (χ3v) is 6.52. The van der Waals surface area contributed by atoms with Crippen LogP contribution in [-0.4, -0.2) is 42.2 Å². The summed E-state index contributed by atoms with van der Waals surface area (Å²) < 4.78 is 33.5. The van der Waals surface area contributed by atoms with Crippen LogP contribution in [-0.2, 0) is 6.54 Å². The Morgan fingerprint density at radius 3 is 2.06 bits per heavy atom. The molecule has 5 nitrogen and oxygen atoms in total. The Kier molecular flexibility index (Phi) is 6.45. The van der Waals surface area contributed by atoms with Crippen LogP contribution in [0.2, 0.25) is 0 Å². The summed E-state index contributed by atoms with van der Waals surface area (Å²) in [6, 6.07) is 18.6. The molecule has 176 valence electrons. The normalized spacial score (nSPS) is 14.7. The van der Waals surface area contributed by atoms with Crippen LogP contribution in [0.25, 0.3) is 22.2 Å². The van der Waals surface area contributed by atoms with E-state index in [1.165, 1.54) is 24.3 Å². The van der Waals surface area contributed by atoms with Crippen LogP contribution < -0.4 is 10.7 Å². The molecule has 5 rings (SSSR count). The highest BCUT2D eigenvalue weighted by Crippen LogP contribution is 2.25. The number of rotatable bonds is 7. The Bertz CT molecular complexity index is 1300. The fourth-order valence-corrected chi connectivity index (χ4v) is 4.58. The highest BCUT2D eigenvalue weighted by atomic mass is 19.1. The molecule has 0 amide bonds. The van der Waals surface area contributed by atoms with Gasteiger partial charge in [-0.3, -0.25) is 9.47 Å². The van der Waals surface area contributed by atoms with E-state index in [0.29, 0.717) is 12.1 Å². The fraction of sp³-hybridized carbons (Fsp3) is 0.296. The first-order valence-corrected chi connectivity index (χ1v) is 11.7. The predicted octanol–water partition coefficient (Wildman–Crippen LogP) is 5.14. The molecular formula is C27H27F2N3O2. The van der Waals surface area contributed by atoms with Crippen molar-refractivity contribution >= 4 is 16.8 Å². The number of benzene rings is 3. The van der Waals surface area contributed by atoms with E-state index >= 15 is 0 Å². The average Bonchev–Trinajstić information content (AvgIpc) is 3.17. The number of hydrogen-bond donors (Lipinski definition) is 0. The minimum atomic E-state index is -0.348. The summed E-state index contributed by atoms with van der Waals surface area (Å²) in [5.74, 6) is -0.834. The number of nitrogens with zero attached hydrogens (tertiary/aromatic N) is 3. The Balaban J connectivity index is 1.16. The van der Waals surface area contributed by atoms with Gasteiger partial charge >= 0.3 is 5.76 Å². The molecule has 0 unspecified atom stereocenters. The second kappa shape index (κ2) is 9.81. The first kappa shape index (κ1) is 22.3. The number of hydrogen-bond acceptors (Lipinski definition) is 4. The predicted molar refractivity (Wildman–Crippen MR) is 130 cm³/mol. The quantitative estimate of drug-likeness (QED) is 0.356. The lowest BCUT2D eigenvalue weighted by Gasteiger charge is -2.36. The number of fused-ring (bicyclic) bond motifs is 1. The molecule has 3 aromatic carbocycles. The maximum absolute atomic E-state index is 13.3. The molecule has 4 aromatic rings. The molecule has 1 fully saturated rings. The van der Waals surface area contributed by atoms with E-state index in [0.717, 1.165) is 67.9 Å². The number of aromatic nitrogens is 1. The minimum Gasteiger partial charge on any atom is -0.408 e. The van der Waals surface area contributed by atoms with Crippen LogP contribution in [0, 0.1) is 11.6 Å². The maximum Gasteiger partial charge on any atom is 0.419 e. The molecule has 1 saturated heterocycles. The lowest BCUT2D eigenvalue weighted by atomic mass is 10.1. The van der Waals surface area contributed by atoms with Crippen molar-refractivity contribution in [3.63, 3.8) is 0 Å². The molecule has 34 heavy (non-hydrogen) atoms. The van der Waals surface area contributed by atoms with E-state index in [1.807, 2.05) is 24.3 Å². The van der Waals surface area contributed by atoms with Crippen LogP contribution in [0.4, 0.5) is 14.5 Å². The molecular weight excluding hydrogens is 436 g/mol. The summed E-state index contributed by atoms with van der Waals surface area (Å²) in [6.07, 6.45) is 1.85. The third-order valence-electron chi connectivity index (χ3n) is 6.52. The number of piperazine rings is 1. The van der Waals surface area contributed by atoms with Crippen molar-refractivity contribution in [1.29, 1.82) is 0 Å². The van der Waals surface area contributed by atoms with Crippen molar-refractivity contribution in [2.45, 2.75) is 19.4 Å². The van der Waals surface area contributed by atoms with Crippen LogP contribution in [0.3, 0.4) is 0 Å². The number of oxazole rings is 1. The second-order valence-corrected chi connectivity index (χ2v) is 8.72. The van der Waals surface area contributed by atoms with Crippen LogP contribution in [0.1, 0.15) is 12.8 Å². The first-order valence-electron chi connectivity index (χ1n) is 11.7. The van der Waals surface area contributed by atoms with Crippen molar-refractivity contribution in [1.82, 2.24) is 9.47 Å². The van der Waals surface area contributed by atoms with Gasteiger partial charge in [0, 0.05) is 38.4 Å². The standard InChI is InChI=1S/C27H27F2N3O2/c28-22-6-3-20(4-7-22)21-5-12-26-25(19-21)32(27(33)34-26)14-2-1-13-30-15-17-31(18-16-30)24-10-8-23(29)9-11-24/h3-12,19H,1-2,13-18H2. The van der Waals surface area contributed by atoms with Gasteiger partial charge in [-0.25, -0.2) is 13.6 Å². The van der Waals surface area contributed by atoms with Gasteiger partial charge in [-0.15, -0.1) is 0 Å². The fourth-order valence-electron chi connectivity index (χ4n) is 4.58. The van der Waals surface area contributed by atoms with Crippen LogP contribution in [0.5, 0.6) is 0 Å². The van der Waals surface area contributed by atoms with Gasteiger partial charge in [0.25, 0.3) is 0 Å². The van der Waals surface area contributed by atoms with Gasteiger partial charge in [0.2, 0.25) is 0 Å². The van der Waals surface area contributed by atoms with Crippen LogP contribution >= 0.6 is 0 Å². The lowest BCUT2D eigenvalue weighted by Crippen LogP contribution is -2.46. The summed E-state index contributed by atoms with van der Waals surface area (Å²) >= 11 is 0. The van der Waals surface area contributed by atoms with Crippen molar-refractivity contribution in [2.24, 2.45) is 0 Å². The molecule has 0 atom stereocenters. The van der Waals surface area contributed by atoms with Crippen molar-refractivity contribution in [3.8, 4) is 11.1 Å². The summed E-state index contributed by atoms with van der Waals surface area (Å²) in [6.45, 7) is 5.34. The summed E-state index contributed by atoms with van der Waals surface area (Å²) in [5.41, 5.74) is 4.20. The van der Waals surface area contributed by atoms with Crippen molar-refractivity contribution in [3.05, 3.63) is 88.9 Å². The highest BCUT2D eigenvalue weighted by Gasteiger charge is 2.17. The molecule has 0 aliphatic carbocycles. The monoisotopic (exact) mass is 463 g/mol. The topological polar surface area (TPSA) is 41.6 Å². The summed E-state index contributed by atoms with van der Waals surface area (Å²) in [4.78, 5) is 17.1. The van der Waals surface area contributed by atoms with Gasteiger partial charge in [-0.1, -0.05) is 18.2 Å². The smallest absolute Gasteiger partial charge is 0.408 e. The SMILES string of the molecule is O=c1oc2ccc(-c3ccc(F)cc3)cc2n1CCCCN1CCN(c2ccc(F)cc2)CC1. The summed E-state index contributed by atoms with van der Waals surface area (Å²) in [7, 11) is 0. The van der Waals surface area contributed by atoms with Gasteiger partial charge in [-0.05, 0) is 79.0 Å². The van der Waals surface area contributed by atoms with Gasteiger partial charge in [-0.2, -0.15) is 0 Å². The number of aryl methyl sites for hydroxylation is 1. The molecule has 1 aromatic heterocycles. The van der Waals surface area contributed by atoms with E-state index in [1.54, 1.807) is 22.8 Å². The maximum atomic E-state index is 13.3. The van der Waals surface area contributed by atoms with E-state index < -0.39 is 0 Å². The zero-order valence-corrected chi connectivity index (χ0v) is 18.9. The number of unbranched alkanes of at least 4 members (excludes halogenated alkanes) is 1. The third kappa shape index (κ3) is 4.89. The molecule has 1 aliphatic rings. The molecule has 7 heteroatoms. The Morgan fingerprint density at radius 1 is 0.735 bits per heavy atom. The molecule has 1 aliphatic heterocycles. The van der Waals surface area contributed by atoms with E-state index in [-0.39, 0.29) is 17.4 Å². The van der Waals surface area contributed by atoms with E-state index in [4.69, 9.17) is 4.42 Å². The Hall–Kier alpha value is -3.45. The highest BCUT2D eigenvalue weighted by molar-refractivity contribution is 5.80.